The van der Waals surface area contributed by atoms with Gasteiger partial charge in [-0.2, -0.15) is 0 Å². The molecule has 2 rings (SSSR count). The Morgan fingerprint density at radius 3 is 2.83 bits per heavy atom. The summed E-state index contributed by atoms with van der Waals surface area (Å²) in [5.41, 5.74) is -0.428. The zero-order chi connectivity index (χ0) is 17.0. The molecule has 1 unspecified atom stereocenters. The maximum absolute atomic E-state index is 12.0. The molecule has 1 aromatic rings. The van der Waals surface area contributed by atoms with Gasteiger partial charge in [0.25, 0.3) is 0 Å². The third-order valence-electron chi connectivity index (χ3n) is 3.66. The molecule has 2 heterocycles. The fraction of sp³-hybridized carbons (Fsp3) is 0.688. The maximum Gasteiger partial charge on any atom is 0.410 e. The summed E-state index contributed by atoms with van der Waals surface area (Å²) in [6.45, 7) is 8.87. The number of rotatable bonds is 5. The number of carbonyl (C=O) groups is 1. The number of likely N-dealkylation sites (tertiary alicyclic amines) is 1. The fourth-order valence-electron chi connectivity index (χ4n) is 2.56. The molecule has 1 saturated heterocycles. The number of hydrogen-bond acceptors (Lipinski definition) is 4. The van der Waals surface area contributed by atoms with Crippen LogP contribution in [0.2, 0.25) is 0 Å². The number of ether oxygens (including phenoxy) is 1. The molecule has 0 radical (unpaired) electrons. The molecule has 0 bridgehead atoms. The number of carbonyl (C=O) groups excluding carboxylic acids is 1. The lowest BCUT2D eigenvalue weighted by atomic mass is 10.1. The molecule has 0 aromatic carbocycles. The van der Waals surface area contributed by atoms with Crippen LogP contribution in [0.3, 0.4) is 0 Å². The third kappa shape index (κ3) is 6.12. The fourth-order valence-corrected chi connectivity index (χ4v) is 3.22. The third-order valence-corrected chi connectivity index (χ3v) is 5.37. The highest BCUT2D eigenvalue weighted by atomic mass is 79.9. The van der Waals surface area contributed by atoms with E-state index in [2.05, 4.69) is 37.2 Å². The molecule has 7 heteroatoms. The number of nitrogens with zero attached hydrogens (tertiary/aromatic N) is 1. The molecule has 1 aliphatic heterocycles. The Bertz CT molecular complexity index is 520. The number of halogens is 2. The lowest BCUT2D eigenvalue weighted by molar-refractivity contribution is 0.0287. The number of furan rings is 1. The van der Waals surface area contributed by atoms with E-state index >= 15 is 0 Å². The van der Waals surface area contributed by atoms with E-state index in [0.717, 1.165) is 47.4 Å². The highest BCUT2D eigenvalue weighted by Gasteiger charge is 2.29. The SMILES string of the molecule is CC(C)(C)OC(=O)N1CCC(CCNCc2cc(Br)c(Br)o2)C1. The van der Waals surface area contributed by atoms with Crippen LogP contribution in [-0.4, -0.2) is 36.2 Å². The minimum atomic E-state index is -0.428. The Labute approximate surface area is 154 Å². The van der Waals surface area contributed by atoms with Gasteiger partial charge in [-0.05, 0) is 84.0 Å². The maximum atomic E-state index is 12.0. The second-order valence-corrected chi connectivity index (χ2v) is 8.46. The van der Waals surface area contributed by atoms with Gasteiger partial charge in [-0.15, -0.1) is 0 Å². The van der Waals surface area contributed by atoms with Crippen molar-refractivity contribution in [1.29, 1.82) is 0 Å². The summed E-state index contributed by atoms with van der Waals surface area (Å²) in [6.07, 6.45) is 1.89. The van der Waals surface area contributed by atoms with Gasteiger partial charge in [0.15, 0.2) is 4.67 Å². The molecule has 1 N–H and O–H groups in total. The molecule has 1 amide bonds. The van der Waals surface area contributed by atoms with Crippen LogP contribution in [0.5, 0.6) is 0 Å². The van der Waals surface area contributed by atoms with Crippen LogP contribution in [0.25, 0.3) is 0 Å². The molecule has 0 aliphatic carbocycles. The van der Waals surface area contributed by atoms with Crippen LogP contribution in [0.4, 0.5) is 4.79 Å². The van der Waals surface area contributed by atoms with Gasteiger partial charge in [-0.25, -0.2) is 4.79 Å². The summed E-state index contributed by atoms with van der Waals surface area (Å²) in [5, 5.41) is 3.38. The Hall–Kier alpha value is -0.530. The molecule has 1 aromatic heterocycles. The summed E-state index contributed by atoms with van der Waals surface area (Å²) in [5.74, 6) is 1.43. The van der Waals surface area contributed by atoms with Gasteiger partial charge >= 0.3 is 6.09 Å². The Morgan fingerprint density at radius 2 is 2.22 bits per heavy atom. The predicted molar refractivity (Wildman–Crippen MR) is 96.3 cm³/mol. The molecule has 1 atom stereocenters. The summed E-state index contributed by atoms with van der Waals surface area (Å²) in [4.78, 5) is 13.8. The Balaban J connectivity index is 1.65. The van der Waals surface area contributed by atoms with Crippen molar-refractivity contribution in [2.75, 3.05) is 19.6 Å². The first-order valence-electron chi connectivity index (χ1n) is 7.87. The molecule has 5 nitrogen and oxygen atoms in total. The van der Waals surface area contributed by atoms with Gasteiger partial charge < -0.3 is 19.4 Å². The summed E-state index contributed by atoms with van der Waals surface area (Å²) >= 11 is 6.73. The summed E-state index contributed by atoms with van der Waals surface area (Å²) in [6, 6.07) is 1.96. The molecule has 0 spiro atoms. The number of amides is 1. The topological polar surface area (TPSA) is 54.7 Å². The zero-order valence-corrected chi connectivity index (χ0v) is 17.0. The minimum Gasteiger partial charge on any atom is -0.452 e. The van der Waals surface area contributed by atoms with Gasteiger partial charge in [0.2, 0.25) is 0 Å². The minimum absolute atomic E-state index is 0.196. The van der Waals surface area contributed by atoms with Crippen LogP contribution < -0.4 is 5.32 Å². The van der Waals surface area contributed by atoms with E-state index in [1.165, 1.54) is 0 Å². The quantitative estimate of drug-likeness (QED) is 0.667. The normalized spacial score (nSPS) is 18.5. The highest BCUT2D eigenvalue weighted by molar-refractivity contribution is 9.13. The molecule has 130 valence electrons. The molecular weight excluding hydrogens is 428 g/mol. The van der Waals surface area contributed by atoms with Crippen molar-refractivity contribution >= 4 is 38.0 Å². The second-order valence-electron chi connectivity index (χ2n) is 6.88. The highest BCUT2D eigenvalue weighted by Crippen LogP contribution is 2.26. The van der Waals surface area contributed by atoms with Crippen LogP contribution >= 0.6 is 31.9 Å². The van der Waals surface area contributed by atoms with Crippen molar-refractivity contribution < 1.29 is 13.9 Å². The largest absolute Gasteiger partial charge is 0.452 e. The summed E-state index contributed by atoms with van der Waals surface area (Å²) < 4.78 is 12.6. The number of nitrogens with one attached hydrogen (secondary N) is 1. The van der Waals surface area contributed by atoms with Gasteiger partial charge in [0.05, 0.1) is 11.0 Å². The molecular formula is C16H24Br2N2O3. The van der Waals surface area contributed by atoms with Crippen molar-refractivity contribution in [2.45, 2.75) is 45.8 Å². The van der Waals surface area contributed by atoms with E-state index in [9.17, 15) is 4.79 Å². The van der Waals surface area contributed by atoms with Gasteiger partial charge in [0.1, 0.15) is 11.4 Å². The molecule has 23 heavy (non-hydrogen) atoms. The van der Waals surface area contributed by atoms with E-state index < -0.39 is 5.60 Å². The zero-order valence-electron chi connectivity index (χ0n) is 13.8. The van der Waals surface area contributed by atoms with E-state index in [1.807, 2.05) is 31.7 Å². The smallest absolute Gasteiger partial charge is 0.410 e. The first-order chi connectivity index (χ1) is 10.7. The van der Waals surface area contributed by atoms with Crippen molar-refractivity contribution in [3.05, 3.63) is 21.0 Å². The average molecular weight is 452 g/mol. The van der Waals surface area contributed by atoms with Gasteiger partial charge in [0, 0.05) is 13.1 Å². The Morgan fingerprint density at radius 1 is 1.48 bits per heavy atom. The van der Waals surface area contributed by atoms with E-state index in [1.54, 1.807) is 0 Å². The number of hydrogen-bond donors (Lipinski definition) is 1. The van der Waals surface area contributed by atoms with E-state index in [0.29, 0.717) is 12.5 Å². The summed E-state index contributed by atoms with van der Waals surface area (Å²) in [7, 11) is 0. The average Bonchev–Trinajstić information content (AvgIpc) is 3.01. The monoisotopic (exact) mass is 450 g/mol. The van der Waals surface area contributed by atoms with Gasteiger partial charge in [-0.1, -0.05) is 0 Å². The first-order valence-corrected chi connectivity index (χ1v) is 9.45. The van der Waals surface area contributed by atoms with Crippen LogP contribution in [0, 0.1) is 5.92 Å². The van der Waals surface area contributed by atoms with Crippen molar-refractivity contribution in [3.63, 3.8) is 0 Å². The first kappa shape index (κ1) is 18.8. The lowest BCUT2D eigenvalue weighted by Crippen LogP contribution is -2.35. The molecule has 1 fully saturated rings. The van der Waals surface area contributed by atoms with E-state index in [4.69, 9.17) is 9.15 Å². The van der Waals surface area contributed by atoms with E-state index in [-0.39, 0.29) is 6.09 Å². The second kappa shape index (κ2) is 8.03. The van der Waals surface area contributed by atoms with Crippen molar-refractivity contribution in [1.82, 2.24) is 10.2 Å². The van der Waals surface area contributed by atoms with Crippen molar-refractivity contribution in [3.8, 4) is 0 Å². The molecule has 1 aliphatic rings. The lowest BCUT2D eigenvalue weighted by Gasteiger charge is -2.24. The van der Waals surface area contributed by atoms with Crippen LogP contribution in [-0.2, 0) is 11.3 Å². The molecule has 0 saturated carbocycles. The Kier molecular flexibility index (Phi) is 6.57. The van der Waals surface area contributed by atoms with Crippen LogP contribution in [0.1, 0.15) is 39.4 Å². The standard InChI is InChI=1S/C16H24Br2N2O3/c1-16(2,3)23-15(21)20-7-5-11(10-20)4-6-19-9-12-8-13(17)14(18)22-12/h8,11,19H,4-7,9-10H2,1-3H3. The predicted octanol–water partition coefficient (Wildman–Crippen LogP) is 4.54. The van der Waals surface area contributed by atoms with Gasteiger partial charge in [-0.3, -0.25) is 0 Å². The van der Waals surface area contributed by atoms with Crippen LogP contribution in [0.15, 0.2) is 19.6 Å². The van der Waals surface area contributed by atoms with Crippen molar-refractivity contribution in [2.24, 2.45) is 5.92 Å².